The van der Waals surface area contributed by atoms with Crippen LogP contribution in [0.25, 0.3) is 0 Å². The van der Waals surface area contributed by atoms with Gasteiger partial charge in [-0.2, -0.15) is 5.26 Å². The molecule has 0 radical (unpaired) electrons. The largest absolute Gasteiger partial charge is 0.400 e. The van der Waals surface area contributed by atoms with Crippen LogP contribution in [-0.2, 0) is 4.43 Å². The molecule has 90 valence electrons. The molecule has 0 bridgehead atoms. The summed E-state index contributed by atoms with van der Waals surface area (Å²) in [5, 5.41) is 9.45. The van der Waals surface area contributed by atoms with Gasteiger partial charge in [0.05, 0.1) is 6.07 Å². The van der Waals surface area contributed by atoms with Crippen LogP contribution in [0, 0.1) is 11.3 Å². The highest BCUT2D eigenvalue weighted by Gasteiger charge is 2.44. The van der Waals surface area contributed by atoms with Crippen molar-refractivity contribution >= 4 is 8.32 Å². The highest BCUT2D eigenvalue weighted by atomic mass is 28.4. The van der Waals surface area contributed by atoms with Crippen LogP contribution in [0.5, 0.6) is 0 Å². The van der Waals surface area contributed by atoms with Crippen molar-refractivity contribution in [2.24, 2.45) is 0 Å². The average molecular weight is 238 g/mol. The van der Waals surface area contributed by atoms with Gasteiger partial charge in [0.15, 0.2) is 8.32 Å². The van der Waals surface area contributed by atoms with Crippen LogP contribution >= 0.6 is 0 Å². The van der Waals surface area contributed by atoms with Crippen molar-refractivity contribution in [1.29, 1.82) is 5.26 Å². The lowest BCUT2D eigenvalue weighted by Gasteiger charge is -2.42. The Balaban J connectivity index is 2.08. The van der Waals surface area contributed by atoms with Gasteiger partial charge in [-0.1, -0.05) is 0 Å². The molecule has 0 amide bonds. The van der Waals surface area contributed by atoms with Crippen molar-refractivity contribution in [2.45, 2.75) is 57.0 Å². The fourth-order valence-corrected chi connectivity index (χ4v) is 4.43. The summed E-state index contributed by atoms with van der Waals surface area (Å²) in [6, 6.07) is 3.07. The molecule has 0 N–H and O–H groups in total. The Morgan fingerprint density at radius 1 is 1.38 bits per heavy atom. The third kappa shape index (κ3) is 2.48. The molecule has 2 unspecified atom stereocenters. The van der Waals surface area contributed by atoms with Crippen molar-refractivity contribution in [3.05, 3.63) is 0 Å². The molecular weight excluding hydrogens is 216 g/mol. The Morgan fingerprint density at radius 3 is 2.75 bits per heavy atom. The second-order valence-corrected chi connectivity index (χ2v) is 10.5. The van der Waals surface area contributed by atoms with Crippen molar-refractivity contribution in [3.8, 4) is 6.07 Å². The van der Waals surface area contributed by atoms with E-state index in [2.05, 4.69) is 30.6 Å². The van der Waals surface area contributed by atoms with E-state index >= 15 is 0 Å². The zero-order chi connectivity index (χ0) is 11.8. The molecule has 2 rings (SSSR count). The molecule has 0 aromatic carbocycles. The smallest absolute Gasteiger partial charge is 0.185 e. The van der Waals surface area contributed by atoms with Crippen molar-refractivity contribution in [1.82, 2.24) is 4.90 Å². The SMILES string of the molecule is C[Si](C)(C)OC1(C#N)CCN2CCCC2C1. The predicted octanol–water partition coefficient (Wildman–Crippen LogP) is 2.36. The topological polar surface area (TPSA) is 36.3 Å². The van der Waals surface area contributed by atoms with E-state index in [0.29, 0.717) is 6.04 Å². The Morgan fingerprint density at radius 2 is 2.12 bits per heavy atom. The number of rotatable bonds is 2. The van der Waals surface area contributed by atoms with E-state index in [1.807, 2.05) is 0 Å². The van der Waals surface area contributed by atoms with Gasteiger partial charge in [0, 0.05) is 25.4 Å². The molecule has 0 spiro atoms. The Bertz CT molecular complexity index is 307. The zero-order valence-corrected chi connectivity index (χ0v) is 11.6. The highest BCUT2D eigenvalue weighted by molar-refractivity contribution is 6.69. The van der Waals surface area contributed by atoms with Gasteiger partial charge < -0.3 is 9.33 Å². The highest BCUT2D eigenvalue weighted by Crippen LogP contribution is 2.36. The van der Waals surface area contributed by atoms with Gasteiger partial charge in [-0.05, 0) is 39.0 Å². The second kappa shape index (κ2) is 4.14. The van der Waals surface area contributed by atoms with Crippen LogP contribution in [-0.4, -0.2) is 37.9 Å². The number of hydrogen-bond donors (Lipinski definition) is 0. The summed E-state index contributed by atoms with van der Waals surface area (Å²) in [5.41, 5.74) is -0.476. The van der Waals surface area contributed by atoms with Gasteiger partial charge in [-0.15, -0.1) is 0 Å². The molecule has 2 fully saturated rings. The van der Waals surface area contributed by atoms with E-state index in [9.17, 15) is 5.26 Å². The maximum absolute atomic E-state index is 9.45. The van der Waals surface area contributed by atoms with Crippen LogP contribution in [0.3, 0.4) is 0 Å². The van der Waals surface area contributed by atoms with E-state index in [1.54, 1.807) is 0 Å². The standard InChI is InChI=1S/C12H22N2OSi/c1-16(2,3)15-12(10-13)6-8-14-7-4-5-11(14)9-12/h11H,4-9H2,1-3H3. The first kappa shape index (κ1) is 12.1. The number of hydrogen-bond acceptors (Lipinski definition) is 3. The van der Waals surface area contributed by atoms with Gasteiger partial charge in [0.1, 0.15) is 5.60 Å². The average Bonchev–Trinajstić information content (AvgIpc) is 2.62. The first-order valence-corrected chi connectivity index (χ1v) is 9.70. The molecule has 2 aliphatic heterocycles. The van der Waals surface area contributed by atoms with Crippen LogP contribution in [0.4, 0.5) is 0 Å². The molecule has 0 aliphatic carbocycles. The minimum absolute atomic E-state index is 0.476. The fraction of sp³-hybridized carbons (Fsp3) is 0.917. The minimum Gasteiger partial charge on any atom is -0.400 e. The lowest BCUT2D eigenvalue weighted by molar-refractivity contribution is 0.0221. The monoisotopic (exact) mass is 238 g/mol. The van der Waals surface area contributed by atoms with Crippen molar-refractivity contribution < 1.29 is 4.43 Å². The van der Waals surface area contributed by atoms with Gasteiger partial charge in [-0.25, -0.2) is 0 Å². The molecular formula is C12H22N2OSi. The Labute approximate surface area is 99.5 Å². The van der Waals surface area contributed by atoms with E-state index in [0.717, 1.165) is 19.4 Å². The van der Waals surface area contributed by atoms with Crippen molar-refractivity contribution in [2.75, 3.05) is 13.1 Å². The normalized spacial score (nSPS) is 35.8. The van der Waals surface area contributed by atoms with E-state index < -0.39 is 13.9 Å². The summed E-state index contributed by atoms with van der Waals surface area (Å²) in [6.07, 6.45) is 4.36. The van der Waals surface area contributed by atoms with Crippen molar-refractivity contribution in [3.63, 3.8) is 0 Å². The van der Waals surface area contributed by atoms with Gasteiger partial charge in [0.2, 0.25) is 0 Å². The van der Waals surface area contributed by atoms with Gasteiger partial charge in [-0.3, -0.25) is 0 Å². The van der Waals surface area contributed by atoms with E-state index in [1.165, 1.54) is 19.4 Å². The van der Waals surface area contributed by atoms with E-state index in [4.69, 9.17) is 4.43 Å². The molecule has 0 aromatic heterocycles. The van der Waals surface area contributed by atoms with Gasteiger partial charge >= 0.3 is 0 Å². The summed E-state index contributed by atoms with van der Waals surface area (Å²) in [4.78, 5) is 2.53. The Kier molecular flexibility index (Phi) is 3.13. The molecule has 2 saturated heterocycles. The van der Waals surface area contributed by atoms with Gasteiger partial charge in [0.25, 0.3) is 0 Å². The molecule has 3 nitrogen and oxygen atoms in total. The number of nitriles is 1. The fourth-order valence-electron chi connectivity index (χ4n) is 3.03. The van der Waals surface area contributed by atoms with Crippen LogP contribution in [0.1, 0.15) is 25.7 Å². The first-order valence-electron chi connectivity index (χ1n) is 6.30. The maximum atomic E-state index is 9.45. The predicted molar refractivity (Wildman–Crippen MR) is 66.6 cm³/mol. The van der Waals surface area contributed by atoms with E-state index in [-0.39, 0.29) is 0 Å². The maximum Gasteiger partial charge on any atom is 0.185 e. The summed E-state index contributed by atoms with van der Waals surface area (Å²) in [7, 11) is -1.62. The molecule has 4 heteroatoms. The summed E-state index contributed by atoms with van der Waals surface area (Å²) in [6.45, 7) is 8.79. The zero-order valence-electron chi connectivity index (χ0n) is 10.6. The Hall–Kier alpha value is -0.373. The summed E-state index contributed by atoms with van der Waals surface area (Å²) >= 11 is 0. The van der Waals surface area contributed by atoms with Crippen LogP contribution in [0.15, 0.2) is 0 Å². The van der Waals surface area contributed by atoms with Crippen LogP contribution in [0.2, 0.25) is 19.6 Å². The molecule has 0 aromatic rings. The quantitative estimate of drug-likeness (QED) is 0.693. The molecule has 2 aliphatic rings. The molecule has 2 atom stereocenters. The second-order valence-electron chi connectivity index (χ2n) is 6.11. The molecule has 16 heavy (non-hydrogen) atoms. The third-order valence-electron chi connectivity index (χ3n) is 3.57. The van der Waals surface area contributed by atoms with Crippen LogP contribution < -0.4 is 0 Å². The molecule has 2 heterocycles. The first-order chi connectivity index (χ1) is 7.44. The molecule has 0 saturated carbocycles. The number of fused-ring (bicyclic) bond motifs is 1. The lowest BCUT2D eigenvalue weighted by Crippen LogP contribution is -2.52. The minimum atomic E-state index is -1.62. The lowest BCUT2D eigenvalue weighted by atomic mass is 9.88. The summed E-state index contributed by atoms with van der Waals surface area (Å²) in [5.74, 6) is 0. The number of nitrogens with zero attached hydrogens (tertiary/aromatic N) is 2. The number of piperidine rings is 1. The third-order valence-corrected chi connectivity index (χ3v) is 4.58. The summed E-state index contributed by atoms with van der Waals surface area (Å²) < 4.78 is 6.17.